The van der Waals surface area contributed by atoms with Gasteiger partial charge in [0.1, 0.15) is 17.3 Å². The zero-order chi connectivity index (χ0) is 12.6. The van der Waals surface area contributed by atoms with E-state index < -0.39 is 6.04 Å². The van der Waals surface area contributed by atoms with E-state index in [9.17, 15) is 4.39 Å². The minimum Gasteiger partial charge on any atom is -0.466 e. The van der Waals surface area contributed by atoms with E-state index in [-0.39, 0.29) is 5.82 Å². The molecule has 1 heterocycles. The highest BCUT2D eigenvalue weighted by Gasteiger charge is 2.18. The Morgan fingerprint density at radius 3 is 2.47 bits per heavy atom. The van der Waals surface area contributed by atoms with Gasteiger partial charge in [0.05, 0.1) is 6.04 Å². The van der Waals surface area contributed by atoms with Gasteiger partial charge in [0.15, 0.2) is 0 Å². The van der Waals surface area contributed by atoms with E-state index in [0.29, 0.717) is 11.1 Å². The SMILES string of the molecule is Cc1cc(C(N)c2cccc(C)c2F)c(C)o1. The second-order valence-corrected chi connectivity index (χ2v) is 4.32. The molecule has 1 atom stereocenters. The van der Waals surface area contributed by atoms with Gasteiger partial charge in [0, 0.05) is 11.1 Å². The highest BCUT2D eigenvalue weighted by Crippen LogP contribution is 2.27. The van der Waals surface area contributed by atoms with Crippen LogP contribution in [0.25, 0.3) is 0 Å². The molecule has 90 valence electrons. The smallest absolute Gasteiger partial charge is 0.131 e. The summed E-state index contributed by atoms with van der Waals surface area (Å²) >= 11 is 0. The number of hydrogen-bond donors (Lipinski definition) is 1. The predicted molar refractivity (Wildman–Crippen MR) is 65.3 cm³/mol. The van der Waals surface area contributed by atoms with Crippen molar-refractivity contribution in [3.63, 3.8) is 0 Å². The van der Waals surface area contributed by atoms with Crippen LogP contribution in [0.15, 0.2) is 28.7 Å². The Morgan fingerprint density at radius 1 is 1.18 bits per heavy atom. The van der Waals surface area contributed by atoms with Gasteiger partial charge in [0.2, 0.25) is 0 Å². The molecule has 0 saturated heterocycles. The molecule has 0 aliphatic rings. The monoisotopic (exact) mass is 233 g/mol. The van der Waals surface area contributed by atoms with Gasteiger partial charge in [-0.3, -0.25) is 0 Å². The molecule has 0 bridgehead atoms. The summed E-state index contributed by atoms with van der Waals surface area (Å²) < 4.78 is 19.4. The van der Waals surface area contributed by atoms with Gasteiger partial charge < -0.3 is 10.2 Å². The van der Waals surface area contributed by atoms with Crippen molar-refractivity contribution in [2.24, 2.45) is 5.73 Å². The van der Waals surface area contributed by atoms with Gasteiger partial charge in [-0.15, -0.1) is 0 Å². The standard InChI is InChI=1S/C14H16FNO/c1-8-5-4-6-11(13(8)15)14(16)12-7-9(2)17-10(12)3/h4-7,14H,16H2,1-3H3. The molecule has 0 fully saturated rings. The van der Waals surface area contributed by atoms with Crippen molar-refractivity contribution in [2.75, 3.05) is 0 Å². The molecule has 0 spiro atoms. The highest BCUT2D eigenvalue weighted by molar-refractivity contribution is 5.36. The van der Waals surface area contributed by atoms with E-state index >= 15 is 0 Å². The first kappa shape index (κ1) is 11.9. The molecular weight excluding hydrogens is 217 g/mol. The molecule has 2 rings (SSSR count). The van der Waals surface area contributed by atoms with Gasteiger partial charge >= 0.3 is 0 Å². The lowest BCUT2D eigenvalue weighted by molar-refractivity contribution is 0.498. The Bertz CT molecular complexity index is 545. The first-order chi connectivity index (χ1) is 8.00. The summed E-state index contributed by atoms with van der Waals surface area (Å²) in [5.41, 5.74) is 8.06. The average molecular weight is 233 g/mol. The minimum atomic E-state index is -0.479. The molecule has 0 aliphatic carbocycles. The maximum absolute atomic E-state index is 14.0. The molecule has 0 radical (unpaired) electrons. The van der Waals surface area contributed by atoms with Crippen LogP contribution in [0.1, 0.15) is 34.3 Å². The van der Waals surface area contributed by atoms with Crippen LogP contribution < -0.4 is 5.73 Å². The summed E-state index contributed by atoms with van der Waals surface area (Å²) in [4.78, 5) is 0. The van der Waals surface area contributed by atoms with E-state index in [2.05, 4.69) is 0 Å². The molecule has 2 N–H and O–H groups in total. The maximum Gasteiger partial charge on any atom is 0.131 e. The summed E-state index contributed by atoms with van der Waals surface area (Å²) in [6.07, 6.45) is 0. The van der Waals surface area contributed by atoms with Crippen molar-refractivity contribution >= 4 is 0 Å². The van der Waals surface area contributed by atoms with E-state index in [0.717, 1.165) is 17.1 Å². The number of nitrogens with two attached hydrogens (primary N) is 1. The molecule has 2 nitrogen and oxygen atoms in total. The lowest BCUT2D eigenvalue weighted by Gasteiger charge is -2.13. The van der Waals surface area contributed by atoms with E-state index in [4.69, 9.17) is 10.2 Å². The van der Waals surface area contributed by atoms with Crippen molar-refractivity contribution in [1.82, 2.24) is 0 Å². The normalized spacial score (nSPS) is 12.8. The molecule has 0 amide bonds. The van der Waals surface area contributed by atoms with Crippen LogP contribution in [0.4, 0.5) is 4.39 Å². The number of benzene rings is 1. The fourth-order valence-electron chi connectivity index (χ4n) is 2.04. The van der Waals surface area contributed by atoms with Crippen molar-refractivity contribution in [3.8, 4) is 0 Å². The number of rotatable bonds is 2. The molecular formula is C14H16FNO. The Hall–Kier alpha value is -1.61. The fourth-order valence-corrected chi connectivity index (χ4v) is 2.04. The van der Waals surface area contributed by atoms with Gasteiger partial charge in [0.25, 0.3) is 0 Å². The van der Waals surface area contributed by atoms with Crippen LogP contribution in [0.2, 0.25) is 0 Å². The Balaban J connectivity index is 2.47. The van der Waals surface area contributed by atoms with Gasteiger partial charge in [-0.25, -0.2) is 4.39 Å². The van der Waals surface area contributed by atoms with Crippen molar-refractivity contribution < 1.29 is 8.81 Å². The third-order valence-corrected chi connectivity index (χ3v) is 2.97. The predicted octanol–water partition coefficient (Wildman–Crippen LogP) is 3.39. The largest absolute Gasteiger partial charge is 0.466 e. The second-order valence-electron chi connectivity index (χ2n) is 4.32. The van der Waals surface area contributed by atoms with E-state index in [1.807, 2.05) is 26.0 Å². The number of halogens is 1. The molecule has 17 heavy (non-hydrogen) atoms. The van der Waals surface area contributed by atoms with Crippen LogP contribution in [-0.4, -0.2) is 0 Å². The van der Waals surface area contributed by atoms with Gasteiger partial charge in [-0.1, -0.05) is 18.2 Å². The Kier molecular flexibility index (Phi) is 3.03. The molecule has 2 aromatic rings. The Morgan fingerprint density at radius 2 is 1.88 bits per heavy atom. The molecule has 1 unspecified atom stereocenters. The van der Waals surface area contributed by atoms with Crippen molar-refractivity contribution in [1.29, 1.82) is 0 Å². The lowest BCUT2D eigenvalue weighted by atomic mass is 9.98. The number of aryl methyl sites for hydroxylation is 3. The average Bonchev–Trinajstić information content (AvgIpc) is 2.61. The summed E-state index contributed by atoms with van der Waals surface area (Å²) in [6.45, 7) is 5.44. The zero-order valence-electron chi connectivity index (χ0n) is 10.3. The second kappa shape index (κ2) is 4.34. The summed E-state index contributed by atoms with van der Waals surface area (Å²) in [7, 11) is 0. The molecule has 3 heteroatoms. The Labute approximate surface area is 100 Å². The number of furan rings is 1. The van der Waals surface area contributed by atoms with Crippen LogP contribution in [0.3, 0.4) is 0 Å². The lowest BCUT2D eigenvalue weighted by Crippen LogP contribution is -2.14. The first-order valence-electron chi connectivity index (χ1n) is 5.58. The summed E-state index contributed by atoms with van der Waals surface area (Å²) in [6, 6.07) is 6.65. The molecule has 0 aliphatic heterocycles. The van der Waals surface area contributed by atoms with Crippen LogP contribution in [0.5, 0.6) is 0 Å². The molecule has 0 saturated carbocycles. The first-order valence-corrected chi connectivity index (χ1v) is 5.58. The topological polar surface area (TPSA) is 39.2 Å². The molecule has 1 aromatic carbocycles. The van der Waals surface area contributed by atoms with Crippen LogP contribution >= 0.6 is 0 Å². The van der Waals surface area contributed by atoms with Gasteiger partial charge in [-0.05, 0) is 32.4 Å². The van der Waals surface area contributed by atoms with Crippen molar-refractivity contribution in [3.05, 3.63) is 58.3 Å². The quantitative estimate of drug-likeness (QED) is 0.863. The van der Waals surface area contributed by atoms with Gasteiger partial charge in [-0.2, -0.15) is 0 Å². The third-order valence-electron chi connectivity index (χ3n) is 2.97. The summed E-state index contributed by atoms with van der Waals surface area (Å²) in [5.74, 6) is 1.30. The highest BCUT2D eigenvalue weighted by atomic mass is 19.1. The third kappa shape index (κ3) is 2.11. The minimum absolute atomic E-state index is 0.238. The maximum atomic E-state index is 14.0. The summed E-state index contributed by atoms with van der Waals surface area (Å²) in [5, 5.41) is 0. The molecule has 1 aromatic heterocycles. The van der Waals surface area contributed by atoms with Crippen molar-refractivity contribution in [2.45, 2.75) is 26.8 Å². The zero-order valence-corrected chi connectivity index (χ0v) is 10.3. The number of hydrogen-bond acceptors (Lipinski definition) is 2. The van der Waals surface area contributed by atoms with Crippen LogP contribution in [0, 0.1) is 26.6 Å². The van der Waals surface area contributed by atoms with E-state index in [1.54, 1.807) is 19.1 Å². The van der Waals surface area contributed by atoms with E-state index in [1.165, 1.54) is 0 Å². The fraction of sp³-hybridized carbons (Fsp3) is 0.286. The van der Waals surface area contributed by atoms with Crippen LogP contribution in [-0.2, 0) is 0 Å².